The predicted octanol–water partition coefficient (Wildman–Crippen LogP) is 2.11. The fourth-order valence-corrected chi connectivity index (χ4v) is 2.27. The Balaban J connectivity index is 2.37. The lowest BCUT2D eigenvalue weighted by molar-refractivity contribution is -0.130. The minimum Gasteiger partial charge on any atom is -0.462 e. The molecule has 5 nitrogen and oxygen atoms in total. The largest absolute Gasteiger partial charge is 0.462 e. The molecule has 0 spiro atoms. The molecule has 0 saturated carbocycles. The lowest BCUT2D eigenvalue weighted by atomic mass is 10.1. The van der Waals surface area contributed by atoms with Gasteiger partial charge in [-0.2, -0.15) is 0 Å². The van der Waals surface area contributed by atoms with Gasteiger partial charge in [0.2, 0.25) is 5.91 Å². The van der Waals surface area contributed by atoms with Gasteiger partial charge in [0.25, 0.3) is 0 Å². The maximum Gasteiger partial charge on any atom is 0.338 e. The monoisotopic (exact) mass is 288 g/mol. The molecule has 1 heterocycles. The fourth-order valence-electron chi connectivity index (χ4n) is 2.27. The summed E-state index contributed by atoms with van der Waals surface area (Å²) in [4.78, 5) is 30.4. The van der Waals surface area contributed by atoms with Gasteiger partial charge in [0, 0.05) is 18.0 Å². The van der Waals surface area contributed by atoms with Crippen LogP contribution in [0.4, 0.5) is 0 Å². The van der Waals surface area contributed by atoms with Crippen molar-refractivity contribution in [3.8, 4) is 0 Å². The van der Waals surface area contributed by atoms with Crippen LogP contribution in [-0.4, -0.2) is 42.3 Å². The van der Waals surface area contributed by atoms with Crippen molar-refractivity contribution < 1.29 is 14.3 Å². The van der Waals surface area contributed by atoms with Gasteiger partial charge in [0.05, 0.1) is 18.7 Å². The molecule has 21 heavy (non-hydrogen) atoms. The molecule has 1 aromatic rings. The molecule has 5 heteroatoms. The molecule has 1 aliphatic heterocycles. The molecule has 1 aromatic carbocycles. The summed E-state index contributed by atoms with van der Waals surface area (Å²) in [5.41, 5.74) is 1.10. The van der Waals surface area contributed by atoms with Gasteiger partial charge < -0.3 is 4.74 Å². The van der Waals surface area contributed by atoms with Crippen molar-refractivity contribution in [1.29, 1.82) is 0 Å². The van der Waals surface area contributed by atoms with E-state index in [1.165, 1.54) is 0 Å². The average molecular weight is 288 g/mol. The normalized spacial score (nSPS) is 14.3. The van der Waals surface area contributed by atoms with Crippen LogP contribution < -0.4 is 0 Å². The van der Waals surface area contributed by atoms with Crippen molar-refractivity contribution in [3.63, 3.8) is 0 Å². The van der Waals surface area contributed by atoms with Crippen molar-refractivity contribution in [2.45, 2.75) is 20.8 Å². The summed E-state index contributed by atoms with van der Waals surface area (Å²) in [6.07, 6.45) is 0. The number of hydrogen-bond donors (Lipinski definition) is 0. The van der Waals surface area contributed by atoms with Crippen LogP contribution in [0, 0.1) is 5.92 Å². The molecular weight excluding hydrogens is 268 g/mol. The minimum absolute atomic E-state index is 0.0184. The van der Waals surface area contributed by atoms with E-state index in [0.717, 1.165) is 0 Å². The van der Waals surface area contributed by atoms with Crippen LogP contribution in [-0.2, 0) is 9.53 Å². The Morgan fingerprint density at radius 3 is 2.71 bits per heavy atom. The topological polar surface area (TPSA) is 59.0 Å². The van der Waals surface area contributed by atoms with Crippen molar-refractivity contribution in [2.75, 3.05) is 19.7 Å². The van der Waals surface area contributed by atoms with E-state index in [4.69, 9.17) is 4.74 Å². The summed E-state index contributed by atoms with van der Waals surface area (Å²) in [5, 5.41) is 0. The van der Waals surface area contributed by atoms with Gasteiger partial charge >= 0.3 is 5.97 Å². The second-order valence-electron chi connectivity index (χ2n) is 5.12. The van der Waals surface area contributed by atoms with Gasteiger partial charge in [0.15, 0.2) is 0 Å². The van der Waals surface area contributed by atoms with E-state index in [1.54, 1.807) is 30.0 Å². The molecule has 0 atom stereocenters. The van der Waals surface area contributed by atoms with Crippen LogP contribution in [0.25, 0.3) is 0 Å². The van der Waals surface area contributed by atoms with Gasteiger partial charge in [-0.3, -0.25) is 14.7 Å². The molecule has 1 amide bonds. The highest BCUT2D eigenvalue weighted by Gasteiger charge is 2.29. The van der Waals surface area contributed by atoms with Gasteiger partial charge in [-0.1, -0.05) is 32.0 Å². The van der Waals surface area contributed by atoms with E-state index in [2.05, 4.69) is 4.99 Å². The average Bonchev–Trinajstić information content (AvgIpc) is 2.95. The Morgan fingerprint density at radius 2 is 2.05 bits per heavy atom. The number of esters is 1. The van der Waals surface area contributed by atoms with Crippen LogP contribution in [0.15, 0.2) is 29.3 Å². The fraction of sp³-hybridized carbons (Fsp3) is 0.438. The van der Waals surface area contributed by atoms with Crippen molar-refractivity contribution in [3.05, 3.63) is 35.4 Å². The number of ether oxygens (including phenoxy) is 1. The highest BCUT2D eigenvalue weighted by atomic mass is 16.5. The molecule has 112 valence electrons. The maximum absolute atomic E-state index is 12.3. The molecule has 0 radical (unpaired) electrons. The molecule has 0 saturated heterocycles. The van der Waals surface area contributed by atoms with Crippen LogP contribution in [0.3, 0.4) is 0 Å². The SMILES string of the molecule is CCOC(=O)c1ccccc1C1=NCCN1C(=O)C(C)C. The van der Waals surface area contributed by atoms with E-state index >= 15 is 0 Å². The minimum atomic E-state index is -0.389. The third kappa shape index (κ3) is 3.12. The summed E-state index contributed by atoms with van der Waals surface area (Å²) in [7, 11) is 0. The van der Waals surface area contributed by atoms with Gasteiger partial charge in [-0.25, -0.2) is 4.79 Å². The van der Waals surface area contributed by atoms with Crippen LogP contribution in [0.5, 0.6) is 0 Å². The first-order valence-corrected chi connectivity index (χ1v) is 7.18. The van der Waals surface area contributed by atoms with Crippen molar-refractivity contribution in [2.24, 2.45) is 10.9 Å². The van der Waals surface area contributed by atoms with Gasteiger partial charge in [-0.15, -0.1) is 0 Å². The molecule has 0 N–H and O–H groups in total. The molecule has 1 aliphatic rings. The van der Waals surface area contributed by atoms with E-state index in [1.807, 2.05) is 19.9 Å². The first kappa shape index (κ1) is 15.2. The number of nitrogens with zero attached hydrogens (tertiary/aromatic N) is 2. The molecule has 0 unspecified atom stereocenters. The highest BCUT2D eigenvalue weighted by Crippen LogP contribution is 2.19. The Bertz CT molecular complexity index is 579. The second-order valence-corrected chi connectivity index (χ2v) is 5.12. The van der Waals surface area contributed by atoms with Crippen LogP contribution in [0.2, 0.25) is 0 Å². The number of carbonyl (C=O) groups excluding carboxylic acids is 2. The van der Waals surface area contributed by atoms with E-state index in [0.29, 0.717) is 36.7 Å². The summed E-state index contributed by atoms with van der Waals surface area (Å²) in [5.74, 6) is 0.0879. The number of amides is 1. The molecule has 2 rings (SSSR count). The van der Waals surface area contributed by atoms with E-state index in [9.17, 15) is 9.59 Å². The van der Waals surface area contributed by atoms with E-state index in [-0.39, 0.29) is 17.8 Å². The zero-order valence-corrected chi connectivity index (χ0v) is 12.6. The summed E-state index contributed by atoms with van der Waals surface area (Å²) >= 11 is 0. The first-order valence-electron chi connectivity index (χ1n) is 7.18. The molecule has 0 fully saturated rings. The number of hydrogen-bond acceptors (Lipinski definition) is 4. The zero-order valence-electron chi connectivity index (χ0n) is 12.6. The molecule has 0 aliphatic carbocycles. The first-order chi connectivity index (χ1) is 10.1. The summed E-state index contributed by atoms with van der Waals surface area (Å²) in [6.45, 7) is 6.91. The molecular formula is C16H20N2O3. The van der Waals surface area contributed by atoms with Crippen LogP contribution in [0.1, 0.15) is 36.7 Å². The number of rotatable bonds is 4. The lowest BCUT2D eigenvalue weighted by Gasteiger charge is -2.21. The van der Waals surface area contributed by atoms with Crippen LogP contribution >= 0.6 is 0 Å². The van der Waals surface area contributed by atoms with Crippen molar-refractivity contribution >= 4 is 17.7 Å². The molecule has 0 aromatic heterocycles. The third-order valence-corrected chi connectivity index (χ3v) is 3.26. The van der Waals surface area contributed by atoms with Gasteiger partial charge in [0.1, 0.15) is 5.84 Å². The maximum atomic E-state index is 12.3. The Morgan fingerprint density at radius 1 is 1.33 bits per heavy atom. The number of carbonyl (C=O) groups is 2. The summed E-state index contributed by atoms with van der Waals surface area (Å²) < 4.78 is 5.07. The number of aliphatic imine (C=N–C) groups is 1. The third-order valence-electron chi connectivity index (χ3n) is 3.26. The quantitative estimate of drug-likeness (QED) is 0.797. The standard InChI is InChI=1S/C16H20N2O3/c1-4-21-16(20)13-8-6-5-7-12(13)14-17-9-10-18(14)15(19)11(2)3/h5-8,11H,4,9-10H2,1-3H3. The lowest BCUT2D eigenvalue weighted by Crippen LogP contribution is -2.38. The Labute approximate surface area is 124 Å². The molecule has 0 bridgehead atoms. The Kier molecular flexibility index (Phi) is 4.73. The summed E-state index contributed by atoms with van der Waals surface area (Å²) in [6, 6.07) is 7.11. The smallest absolute Gasteiger partial charge is 0.338 e. The number of benzene rings is 1. The van der Waals surface area contributed by atoms with E-state index < -0.39 is 0 Å². The second kappa shape index (κ2) is 6.52. The zero-order chi connectivity index (χ0) is 15.4. The van der Waals surface area contributed by atoms with Gasteiger partial charge in [-0.05, 0) is 13.0 Å². The highest BCUT2D eigenvalue weighted by molar-refractivity contribution is 6.14. The number of amidine groups is 1. The Hall–Kier alpha value is -2.17. The predicted molar refractivity (Wildman–Crippen MR) is 80.4 cm³/mol. The van der Waals surface area contributed by atoms with Crippen molar-refractivity contribution in [1.82, 2.24) is 4.90 Å².